The minimum absolute atomic E-state index is 0.506. The number of pyridine rings is 1. The Balaban J connectivity index is 2.43. The molecule has 0 spiro atoms. The number of hydrogen-bond donors (Lipinski definition) is 1. The van der Waals surface area contributed by atoms with Crippen molar-refractivity contribution in [1.29, 1.82) is 0 Å². The lowest BCUT2D eigenvalue weighted by Gasteiger charge is -2.18. The Hall–Kier alpha value is -0.870. The number of aromatic nitrogens is 1. The van der Waals surface area contributed by atoms with Crippen LogP contribution in [0.5, 0.6) is 0 Å². The normalized spacial score (nSPS) is 9.80. The second-order valence-corrected chi connectivity index (χ2v) is 3.94. The van der Waals surface area contributed by atoms with E-state index in [0.29, 0.717) is 11.7 Å². The molecule has 0 aliphatic heterocycles. The molecule has 1 heterocycles. The van der Waals surface area contributed by atoms with Gasteiger partial charge in [-0.2, -0.15) is 0 Å². The van der Waals surface area contributed by atoms with Crippen molar-refractivity contribution in [3.05, 3.63) is 29.0 Å². The number of nitrogens with zero attached hydrogens (tertiary/aromatic N) is 2. The maximum absolute atomic E-state index is 5.68. The fourth-order valence-corrected chi connectivity index (χ4v) is 1.28. The maximum atomic E-state index is 5.68. The van der Waals surface area contributed by atoms with Crippen molar-refractivity contribution in [2.75, 3.05) is 13.6 Å². The first-order valence-corrected chi connectivity index (χ1v) is 5.51. The van der Waals surface area contributed by atoms with Crippen molar-refractivity contribution in [2.45, 2.75) is 13.5 Å². The highest BCUT2D eigenvalue weighted by Crippen LogP contribution is 2.04. The molecule has 0 saturated heterocycles. The van der Waals surface area contributed by atoms with Crippen molar-refractivity contribution in [1.82, 2.24) is 15.2 Å². The molecule has 1 aromatic heterocycles. The van der Waals surface area contributed by atoms with E-state index < -0.39 is 0 Å². The minimum atomic E-state index is 0.506. The Morgan fingerprint density at radius 3 is 2.87 bits per heavy atom. The highest BCUT2D eigenvalue weighted by atomic mass is 35.5. The summed E-state index contributed by atoms with van der Waals surface area (Å²) in [5, 5.41) is 4.39. The molecule has 1 rings (SSSR count). The summed E-state index contributed by atoms with van der Waals surface area (Å²) in [6, 6.07) is 3.70. The molecule has 0 atom stereocenters. The van der Waals surface area contributed by atoms with Gasteiger partial charge in [0.15, 0.2) is 5.11 Å². The zero-order valence-electron chi connectivity index (χ0n) is 8.83. The summed E-state index contributed by atoms with van der Waals surface area (Å²) in [4.78, 5) is 5.96. The predicted octanol–water partition coefficient (Wildman–Crippen LogP) is 2.06. The van der Waals surface area contributed by atoms with Gasteiger partial charge in [-0.3, -0.25) is 0 Å². The van der Waals surface area contributed by atoms with E-state index in [4.69, 9.17) is 23.8 Å². The lowest BCUT2D eigenvalue weighted by Crippen LogP contribution is -2.36. The van der Waals surface area contributed by atoms with Crippen LogP contribution in [0.3, 0.4) is 0 Å². The Morgan fingerprint density at radius 1 is 1.60 bits per heavy atom. The number of nitrogens with one attached hydrogen (secondary N) is 1. The van der Waals surface area contributed by atoms with Gasteiger partial charge in [0.05, 0.1) is 0 Å². The zero-order chi connectivity index (χ0) is 11.3. The minimum Gasteiger partial charge on any atom is -0.358 e. The topological polar surface area (TPSA) is 28.2 Å². The second-order valence-electron chi connectivity index (χ2n) is 3.16. The van der Waals surface area contributed by atoms with E-state index in [0.717, 1.165) is 17.2 Å². The number of halogens is 1. The summed E-state index contributed by atoms with van der Waals surface area (Å²) in [6.07, 6.45) is 1.74. The van der Waals surface area contributed by atoms with Crippen molar-refractivity contribution < 1.29 is 0 Å². The lowest BCUT2D eigenvalue weighted by molar-refractivity contribution is 0.521. The molecule has 0 aliphatic rings. The molecule has 0 bridgehead atoms. The zero-order valence-corrected chi connectivity index (χ0v) is 10.4. The van der Waals surface area contributed by atoms with Crippen molar-refractivity contribution in [3.8, 4) is 0 Å². The van der Waals surface area contributed by atoms with Gasteiger partial charge >= 0.3 is 0 Å². The summed E-state index contributed by atoms with van der Waals surface area (Å²) in [7, 11) is 1.95. The summed E-state index contributed by atoms with van der Waals surface area (Å²) >= 11 is 10.9. The van der Waals surface area contributed by atoms with Crippen LogP contribution in [-0.2, 0) is 6.54 Å². The van der Waals surface area contributed by atoms with E-state index in [9.17, 15) is 0 Å². The van der Waals surface area contributed by atoms with Gasteiger partial charge in [-0.15, -0.1) is 0 Å². The average Bonchev–Trinajstić information content (AvgIpc) is 2.26. The smallest absolute Gasteiger partial charge is 0.168 e. The largest absolute Gasteiger partial charge is 0.358 e. The third kappa shape index (κ3) is 4.01. The summed E-state index contributed by atoms with van der Waals surface area (Å²) in [5.74, 6) is 0. The van der Waals surface area contributed by atoms with Gasteiger partial charge in [0.25, 0.3) is 0 Å². The van der Waals surface area contributed by atoms with Crippen molar-refractivity contribution >= 4 is 28.9 Å². The molecule has 0 radical (unpaired) electrons. The van der Waals surface area contributed by atoms with Gasteiger partial charge in [-0.25, -0.2) is 4.98 Å². The van der Waals surface area contributed by atoms with E-state index in [2.05, 4.69) is 17.2 Å². The molecule has 0 amide bonds. The molecular formula is C10H14ClN3S. The third-order valence-electron chi connectivity index (χ3n) is 2.05. The maximum Gasteiger partial charge on any atom is 0.168 e. The van der Waals surface area contributed by atoms with Gasteiger partial charge < -0.3 is 10.2 Å². The van der Waals surface area contributed by atoms with Crippen LogP contribution in [0.25, 0.3) is 0 Å². The molecule has 0 saturated carbocycles. The summed E-state index contributed by atoms with van der Waals surface area (Å²) in [5.41, 5.74) is 1.06. The van der Waals surface area contributed by atoms with E-state index >= 15 is 0 Å². The van der Waals surface area contributed by atoms with Crippen LogP contribution < -0.4 is 5.32 Å². The fourth-order valence-electron chi connectivity index (χ4n) is 0.967. The van der Waals surface area contributed by atoms with Crippen LogP contribution in [0.15, 0.2) is 18.3 Å². The molecule has 82 valence electrons. The molecule has 0 fully saturated rings. The van der Waals surface area contributed by atoms with Crippen LogP contribution in [0.4, 0.5) is 0 Å². The molecular weight excluding hydrogens is 230 g/mol. The van der Waals surface area contributed by atoms with E-state index in [1.165, 1.54) is 0 Å². The van der Waals surface area contributed by atoms with Crippen LogP contribution in [0, 0.1) is 0 Å². The Labute approximate surface area is 100 Å². The molecule has 0 unspecified atom stereocenters. The van der Waals surface area contributed by atoms with Crippen molar-refractivity contribution in [2.24, 2.45) is 0 Å². The number of thiocarbonyl (C=S) groups is 1. The summed E-state index contributed by atoms with van der Waals surface area (Å²) in [6.45, 7) is 3.62. The SMILES string of the molecule is CCN(C)C(=S)NCc1ccc(Cl)nc1. The van der Waals surface area contributed by atoms with Crippen LogP contribution >= 0.6 is 23.8 Å². The Kier molecular flexibility index (Phi) is 4.78. The van der Waals surface area contributed by atoms with Gasteiger partial charge in [0.2, 0.25) is 0 Å². The lowest BCUT2D eigenvalue weighted by atomic mass is 10.3. The van der Waals surface area contributed by atoms with Crippen molar-refractivity contribution in [3.63, 3.8) is 0 Å². The molecule has 5 heteroatoms. The van der Waals surface area contributed by atoms with Gasteiger partial charge in [-0.1, -0.05) is 17.7 Å². The second kappa shape index (κ2) is 5.88. The van der Waals surface area contributed by atoms with Gasteiger partial charge in [0.1, 0.15) is 5.15 Å². The highest BCUT2D eigenvalue weighted by Gasteiger charge is 2.00. The van der Waals surface area contributed by atoms with Crippen LogP contribution in [0.2, 0.25) is 5.15 Å². The Morgan fingerprint density at radius 2 is 2.33 bits per heavy atom. The third-order valence-corrected chi connectivity index (χ3v) is 2.73. The molecule has 0 aliphatic carbocycles. The predicted molar refractivity (Wildman–Crippen MR) is 67.0 cm³/mol. The van der Waals surface area contributed by atoms with Crippen LogP contribution in [-0.4, -0.2) is 28.6 Å². The van der Waals surface area contributed by atoms with Gasteiger partial charge in [0, 0.05) is 26.3 Å². The summed E-state index contributed by atoms with van der Waals surface area (Å²) < 4.78 is 0. The molecule has 15 heavy (non-hydrogen) atoms. The first-order valence-electron chi connectivity index (χ1n) is 4.73. The quantitative estimate of drug-likeness (QED) is 0.650. The van der Waals surface area contributed by atoms with E-state index in [1.54, 1.807) is 12.3 Å². The first kappa shape index (κ1) is 12.2. The van der Waals surface area contributed by atoms with E-state index in [-0.39, 0.29) is 0 Å². The highest BCUT2D eigenvalue weighted by molar-refractivity contribution is 7.80. The molecule has 3 nitrogen and oxygen atoms in total. The molecule has 1 N–H and O–H groups in total. The average molecular weight is 244 g/mol. The Bertz CT molecular complexity index is 326. The standard InChI is InChI=1S/C10H14ClN3S/c1-3-14(2)10(15)13-7-8-4-5-9(11)12-6-8/h4-6H,3,7H2,1-2H3,(H,13,15). The van der Waals surface area contributed by atoms with Crippen LogP contribution in [0.1, 0.15) is 12.5 Å². The molecule has 0 aromatic carbocycles. The number of hydrogen-bond acceptors (Lipinski definition) is 2. The molecule has 1 aromatic rings. The fraction of sp³-hybridized carbons (Fsp3) is 0.400. The van der Waals surface area contributed by atoms with Gasteiger partial charge in [-0.05, 0) is 30.8 Å². The monoisotopic (exact) mass is 243 g/mol. The van der Waals surface area contributed by atoms with E-state index in [1.807, 2.05) is 18.0 Å². The number of rotatable bonds is 3. The first-order chi connectivity index (χ1) is 7.13.